The van der Waals surface area contributed by atoms with Gasteiger partial charge in [0.25, 0.3) is 5.91 Å². The van der Waals surface area contributed by atoms with Crippen LogP contribution in [0, 0.1) is 5.92 Å². The zero-order valence-electron chi connectivity index (χ0n) is 14.9. The SMILES string of the molecule is CCOc1ccc(O[C@H](C)C(=O)NNC(=O)C[C@H]2CCS(=O)(=O)C2)cc1. The van der Waals surface area contributed by atoms with Crippen LogP contribution in [-0.4, -0.2) is 44.4 Å². The topological polar surface area (TPSA) is 111 Å². The van der Waals surface area contributed by atoms with Crippen molar-refractivity contribution in [2.24, 2.45) is 5.92 Å². The molecule has 2 rings (SSSR count). The second-order valence-corrected chi connectivity index (χ2v) is 8.40. The van der Waals surface area contributed by atoms with Crippen molar-refractivity contribution in [3.05, 3.63) is 24.3 Å². The van der Waals surface area contributed by atoms with Gasteiger partial charge in [0.05, 0.1) is 18.1 Å². The highest BCUT2D eigenvalue weighted by molar-refractivity contribution is 7.91. The lowest BCUT2D eigenvalue weighted by Crippen LogP contribution is -2.47. The summed E-state index contributed by atoms with van der Waals surface area (Å²) >= 11 is 0. The predicted octanol–water partition coefficient (Wildman–Crippen LogP) is 0.825. The molecule has 1 aliphatic heterocycles. The predicted molar refractivity (Wildman–Crippen MR) is 95.4 cm³/mol. The third-order valence-electron chi connectivity index (χ3n) is 3.94. The average molecular weight is 384 g/mol. The Hall–Kier alpha value is -2.29. The van der Waals surface area contributed by atoms with Crippen LogP contribution >= 0.6 is 0 Å². The molecule has 2 atom stereocenters. The molecule has 0 aromatic heterocycles. The van der Waals surface area contributed by atoms with Crippen LogP contribution in [0.3, 0.4) is 0 Å². The maximum Gasteiger partial charge on any atom is 0.279 e. The summed E-state index contributed by atoms with van der Waals surface area (Å²) in [5, 5.41) is 0. The minimum atomic E-state index is -3.02. The normalized spacial score (nSPS) is 19.4. The average Bonchev–Trinajstić information content (AvgIpc) is 2.93. The number of sulfone groups is 1. The fourth-order valence-electron chi connectivity index (χ4n) is 2.62. The van der Waals surface area contributed by atoms with Gasteiger partial charge in [-0.1, -0.05) is 0 Å². The van der Waals surface area contributed by atoms with E-state index in [1.807, 2.05) is 6.92 Å². The van der Waals surface area contributed by atoms with Crippen LogP contribution in [0.25, 0.3) is 0 Å². The molecule has 0 aliphatic carbocycles. The van der Waals surface area contributed by atoms with E-state index in [0.29, 0.717) is 24.5 Å². The van der Waals surface area contributed by atoms with Gasteiger partial charge in [0.1, 0.15) is 11.5 Å². The van der Waals surface area contributed by atoms with Crippen molar-refractivity contribution in [1.29, 1.82) is 0 Å². The van der Waals surface area contributed by atoms with Gasteiger partial charge < -0.3 is 9.47 Å². The highest BCUT2D eigenvalue weighted by Gasteiger charge is 2.29. The Balaban J connectivity index is 1.73. The van der Waals surface area contributed by atoms with E-state index in [4.69, 9.17) is 9.47 Å². The summed E-state index contributed by atoms with van der Waals surface area (Å²) in [5.41, 5.74) is 4.59. The molecule has 1 heterocycles. The molecule has 1 aromatic rings. The summed E-state index contributed by atoms with van der Waals surface area (Å²) in [7, 11) is -3.02. The minimum absolute atomic E-state index is 0.0195. The first kappa shape index (κ1) is 20.0. The summed E-state index contributed by atoms with van der Waals surface area (Å²) in [4.78, 5) is 23.8. The van der Waals surface area contributed by atoms with E-state index in [2.05, 4.69) is 10.9 Å². The number of nitrogens with one attached hydrogen (secondary N) is 2. The van der Waals surface area contributed by atoms with E-state index in [0.717, 1.165) is 0 Å². The first-order valence-electron chi connectivity index (χ1n) is 8.47. The second kappa shape index (κ2) is 8.88. The van der Waals surface area contributed by atoms with Gasteiger partial charge in [-0.3, -0.25) is 20.4 Å². The molecule has 0 saturated carbocycles. The zero-order chi connectivity index (χ0) is 19.2. The summed E-state index contributed by atoms with van der Waals surface area (Å²) in [6, 6.07) is 6.85. The maximum absolute atomic E-state index is 12.0. The van der Waals surface area contributed by atoms with Crippen molar-refractivity contribution in [1.82, 2.24) is 10.9 Å². The van der Waals surface area contributed by atoms with Gasteiger partial charge in [0.2, 0.25) is 5.91 Å². The third kappa shape index (κ3) is 6.21. The fraction of sp³-hybridized carbons (Fsp3) is 0.529. The first-order valence-corrected chi connectivity index (χ1v) is 10.3. The van der Waals surface area contributed by atoms with Crippen molar-refractivity contribution in [2.75, 3.05) is 18.1 Å². The number of benzene rings is 1. The molecule has 2 amide bonds. The maximum atomic E-state index is 12.0. The largest absolute Gasteiger partial charge is 0.494 e. The molecule has 0 bridgehead atoms. The number of rotatable bonds is 7. The molecule has 1 fully saturated rings. The van der Waals surface area contributed by atoms with Crippen LogP contribution in [-0.2, 0) is 19.4 Å². The molecule has 0 spiro atoms. The summed E-state index contributed by atoms with van der Waals surface area (Å²) in [6.07, 6.45) is -0.283. The lowest BCUT2D eigenvalue weighted by Gasteiger charge is -2.16. The molecule has 8 nitrogen and oxygen atoms in total. The van der Waals surface area contributed by atoms with E-state index in [-0.39, 0.29) is 23.8 Å². The number of ether oxygens (including phenoxy) is 2. The fourth-order valence-corrected chi connectivity index (χ4v) is 4.48. The molecule has 0 radical (unpaired) electrons. The van der Waals surface area contributed by atoms with Crippen LogP contribution in [0.5, 0.6) is 11.5 Å². The number of amides is 2. The zero-order valence-corrected chi connectivity index (χ0v) is 15.7. The Morgan fingerprint density at radius 3 is 2.42 bits per heavy atom. The second-order valence-electron chi connectivity index (χ2n) is 6.18. The lowest BCUT2D eigenvalue weighted by molar-refractivity contribution is -0.133. The van der Waals surface area contributed by atoms with Crippen molar-refractivity contribution in [3.63, 3.8) is 0 Å². The van der Waals surface area contributed by atoms with E-state index in [9.17, 15) is 18.0 Å². The van der Waals surface area contributed by atoms with Crippen LogP contribution in [0.15, 0.2) is 24.3 Å². The molecule has 1 aromatic carbocycles. The molecule has 26 heavy (non-hydrogen) atoms. The Morgan fingerprint density at radius 1 is 1.19 bits per heavy atom. The summed E-state index contributed by atoms with van der Waals surface area (Å²) in [6.45, 7) is 4.00. The standard InChI is InChI=1S/C17H24N2O6S/c1-3-24-14-4-6-15(7-5-14)25-12(2)17(21)19-18-16(20)10-13-8-9-26(22,23)11-13/h4-7,12-13H,3,8-11H2,1-2H3,(H,18,20)(H,19,21)/t12-,13-/m1/s1. The van der Waals surface area contributed by atoms with Crippen LogP contribution in [0.4, 0.5) is 0 Å². The molecule has 0 unspecified atom stereocenters. The molecule has 2 N–H and O–H groups in total. The molecule has 1 saturated heterocycles. The smallest absolute Gasteiger partial charge is 0.279 e. The first-order chi connectivity index (χ1) is 12.3. The van der Waals surface area contributed by atoms with Gasteiger partial charge in [-0.25, -0.2) is 8.42 Å². The summed E-state index contributed by atoms with van der Waals surface area (Å²) in [5.74, 6) is 0.210. The van der Waals surface area contributed by atoms with E-state index < -0.39 is 27.8 Å². The highest BCUT2D eigenvalue weighted by atomic mass is 32.2. The third-order valence-corrected chi connectivity index (χ3v) is 5.78. The Labute approximate surface area is 153 Å². The quantitative estimate of drug-likeness (QED) is 0.674. The minimum Gasteiger partial charge on any atom is -0.494 e. The van der Waals surface area contributed by atoms with Gasteiger partial charge in [-0.15, -0.1) is 0 Å². The van der Waals surface area contributed by atoms with Crippen molar-refractivity contribution in [3.8, 4) is 11.5 Å². The van der Waals surface area contributed by atoms with Crippen LogP contribution in [0.2, 0.25) is 0 Å². The van der Waals surface area contributed by atoms with Gasteiger partial charge in [0, 0.05) is 6.42 Å². The van der Waals surface area contributed by atoms with Gasteiger partial charge >= 0.3 is 0 Å². The van der Waals surface area contributed by atoms with E-state index in [1.165, 1.54) is 0 Å². The monoisotopic (exact) mass is 384 g/mol. The van der Waals surface area contributed by atoms with Gasteiger partial charge in [-0.2, -0.15) is 0 Å². The van der Waals surface area contributed by atoms with Crippen LogP contribution < -0.4 is 20.3 Å². The molecule has 144 valence electrons. The number of hydrogen-bond donors (Lipinski definition) is 2. The lowest BCUT2D eigenvalue weighted by atomic mass is 10.1. The number of carbonyl (C=O) groups excluding carboxylic acids is 2. The van der Waals surface area contributed by atoms with Crippen molar-refractivity contribution in [2.45, 2.75) is 32.8 Å². The molecule has 9 heteroatoms. The Kier molecular flexibility index (Phi) is 6.84. The van der Waals surface area contributed by atoms with E-state index in [1.54, 1.807) is 31.2 Å². The summed E-state index contributed by atoms with van der Waals surface area (Å²) < 4.78 is 33.6. The van der Waals surface area contributed by atoms with Crippen molar-refractivity contribution >= 4 is 21.7 Å². The van der Waals surface area contributed by atoms with E-state index >= 15 is 0 Å². The van der Waals surface area contributed by atoms with Gasteiger partial charge in [0.15, 0.2) is 15.9 Å². The molecular formula is C17H24N2O6S. The molecular weight excluding hydrogens is 360 g/mol. The van der Waals surface area contributed by atoms with Crippen molar-refractivity contribution < 1.29 is 27.5 Å². The highest BCUT2D eigenvalue weighted by Crippen LogP contribution is 2.21. The molecule has 1 aliphatic rings. The van der Waals surface area contributed by atoms with Crippen LogP contribution in [0.1, 0.15) is 26.7 Å². The van der Waals surface area contributed by atoms with Gasteiger partial charge in [-0.05, 0) is 50.5 Å². The number of hydrogen-bond acceptors (Lipinski definition) is 6. The number of hydrazine groups is 1. The Morgan fingerprint density at radius 2 is 1.85 bits per heavy atom. The Bertz CT molecular complexity index is 732. The number of carbonyl (C=O) groups is 2.